The summed E-state index contributed by atoms with van der Waals surface area (Å²) in [6.45, 7) is 0. The number of nitriles is 1. The summed E-state index contributed by atoms with van der Waals surface area (Å²) in [6, 6.07) is 18.5. The second-order valence-electron chi connectivity index (χ2n) is 4.98. The standard InChI is InChI=1S/C18H12ClN3OS/c19-14-7-5-13(10-20)16(9-14)21-17(23)11-24-18-8-6-12-3-1-2-4-15(12)22-18/h1-9H,11H2,(H,21,23). The van der Waals surface area contributed by atoms with Crippen LogP contribution in [0.4, 0.5) is 5.69 Å². The van der Waals surface area contributed by atoms with E-state index in [1.807, 2.05) is 42.5 Å². The van der Waals surface area contributed by atoms with E-state index in [4.69, 9.17) is 16.9 Å². The first-order valence-electron chi connectivity index (χ1n) is 7.14. The number of halogens is 1. The third-order valence-electron chi connectivity index (χ3n) is 3.30. The summed E-state index contributed by atoms with van der Waals surface area (Å²) < 4.78 is 0. The zero-order valence-corrected chi connectivity index (χ0v) is 14.1. The van der Waals surface area contributed by atoms with Crippen molar-refractivity contribution in [2.24, 2.45) is 0 Å². The molecule has 0 atom stereocenters. The molecule has 0 saturated carbocycles. The lowest BCUT2D eigenvalue weighted by Crippen LogP contribution is -2.15. The highest BCUT2D eigenvalue weighted by atomic mass is 35.5. The van der Waals surface area contributed by atoms with Crippen molar-refractivity contribution in [3.8, 4) is 6.07 Å². The van der Waals surface area contributed by atoms with Gasteiger partial charge in [-0.15, -0.1) is 0 Å². The molecule has 118 valence electrons. The van der Waals surface area contributed by atoms with Crippen LogP contribution in [0.25, 0.3) is 10.9 Å². The minimum atomic E-state index is -0.214. The van der Waals surface area contributed by atoms with Crippen molar-refractivity contribution in [1.82, 2.24) is 4.98 Å². The maximum absolute atomic E-state index is 12.1. The Balaban J connectivity index is 1.67. The largest absolute Gasteiger partial charge is 0.324 e. The van der Waals surface area contributed by atoms with E-state index in [1.165, 1.54) is 11.8 Å². The van der Waals surface area contributed by atoms with Gasteiger partial charge in [0.1, 0.15) is 6.07 Å². The number of pyridine rings is 1. The fraction of sp³-hybridized carbons (Fsp3) is 0.0556. The molecule has 0 fully saturated rings. The normalized spacial score (nSPS) is 10.3. The van der Waals surface area contributed by atoms with Gasteiger partial charge in [0.2, 0.25) is 5.91 Å². The van der Waals surface area contributed by atoms with Gasteiger partial charge in [-0.1, -0.05) is 47.6 Å². The molecule has 0 saturated heterocycles. The zero-order valence-electron chi connectivity index (χ0n) is 12.5. The minimum Gasteiger partial charge on any atom is -0.324 e. The number of fused-ring (bicyclic) bond motifs is 1. The number of carbonyl (C=O) groups is 1. The first-order chi connectivity index (χ1) is 11.7. The van der Waals surface area contributed by atoms with Crippen LogP contribution in [0.2, 0.25) is 5.02 Å². The number of benzene rings is 2. The Morgan fingerprint density at radius 2 is 2.04 bits per heavy atom. The van der Waals surface area contributed by atoms with Crippen molar-refractivity contribution in [3.63, 3.8) is 0 Å². The van der Waals surface area contributed by atoms with Crippen LogP contribution < -0.4 is 5.32 Å². The van der Waals surface area contributed by atoms with Gasteiger partial charge in [-0.3, -0.25) is 4.79 Å². The maximum Gasteiger partial charge on any atom is 0.234 e. The van der Waals surface area contributed by atoms with E-state index in [0.717, 1.165) is 15.9 Å². The van der Waals surface area contributed by atoms with E-state index in [1.54, 1.807) is 18.2 Å². The average molecular weight is 354 g/mol. The molecule has 0 aliphatic rings. The van der Waals surface area contributed by atoms with Gasteiger partial charge < -0.3 is 5.32 Å². The Bertz CT molecular complexity index is 952. The molecule has 0 radical (unpaired) electrons. The lowest BCUT2D eigenvalue weighted by Gasteiger charge is -2.07. The molecule has 1 heterocycles. The predicted octanol–water partition coefficient (Wildman–Crippen LogP) is 4.49. The number of nitrogens with one attached hydrogen (secondary N) is 1. The molecule has 24 heavy (non-hydrogen) atoms. The van der Waals surface area contributed by atoms with E-state index in [-0.39, 0.29) is 11.7 Å². The summed E-state index contributed by atoms with van der Waals surface area (Å²) in [5.74, 6) is -0.0170. The topological polar surface area (TPSA) is 65.8 Å². The number of anilines is 1. The van der Waals surface area contributed by atoms with Gasteiger partial charge in [0.05, 0.1) is 27.5 Å². The molecule has 6 heteroatoms. The third kappa shape index (κ3) is 3.85. The molecule has 1 N–H and O–H groups in total. The van der Waals surface area contributed by atoms with Crippen LogP contribution in [-0.2, 0) is 4.79 Å². The molecule has 0 aliphatic heterocycles. The van der Waals surface area contributed by atoms with Crippen LogP contribution in [0.1, 0.15) is 5.56 Å². The first-order valence-corrected chi connectivity index (χ1v) is 8.50. The molecule has 0 unspecified atom stereocenters. The van der Waals surface area contributed by atoms with Crippen molar-refractivity contribution in [1.29, 1.82) is 5.26 Å². The SMILES string of the molecule is N#Cc1ccc(Cl)cc1NC(=O)CSc1ccc2ccccc2n1. The van der Waals surface area contributed by atoms with E-state index in [2.05, 4.69) is 10.3 Å². The number of hydrogen-bond acceptors (Lipinski definition) is 4. The molecule has 1 amide bonds. The fourth-order valence-corrected chi connectivity index (χ4v) is 3.02. The van der Waals surface area contributed by atoms with E-state index < -0.39 is 0 Å². The predicted molar refractivity (Wildman–Crippen MR) is 97.3 cm³/mol. The highest BCUT2D eigenvalue weighted by molar-refractivity contribution is 7.99. The Labute approximate surface area is 148 Å². The highest BCUT2D eigenvalue weighted by Gasteiger charge is 2.09. The number of nitrogens with zero attached hydrogens (tertiary/aromatic N) is 2. The number of para-hydroxylation sites is 1. The Hall–Kier alpha value is -2.55. The molecule has 3 rings (SSSR count). The van der Waals surface area contributed by atoms with Gasteiger partial charge in [0.15, 0.2) is 0 Å². The lowest BCUT2D eigenvalue weighted by molar-refractivity contribution is -0.113. The molecule has 3 aromatic rings. The van der Waals surface area contributed by atoms with E-state index in [0.29, 0.717) is 16.3 Å². The van der Waals surface area contributed by atoms with Crippen molar-refractivity contribution in [2.45, 2.75) is 5.03 Å². The summed E-state index contributed by atoms with van der Waals surface area (Å²) in [4.78, 5) is 16.6. The van der Waals surface area contributed by atoms with Gasteiger partial charge in [0, 0.05) is 10.4 Å². The second-order valence-corrected chi connectivity index (χ2v) is 6.41. The second kappa shape index (κ2) is 7.35. The van der Waals surface area contributed by atoms with Crippen LogP contribution in [0.15, 0.2) is 59.6 Å². The number of amides is 1. The van der Waals surface area contributed by atoms with E-state index in [9.17, 15) is 4.79 Å². The Morgan fingerprint density at radius 1 is 1.21 bits per heavy atom. The smallest absolute Gasteiger partial charge is 0.234 e. The first kappa shape index (κ1) is 16.3. The summed E-state index contributed by atoms with van der Waals surface area (Å²) in [7, 11) is 0. The number of rotatable bonds is 4. The fourth-order valence-electron chi connectivity index (χ4n) is 2.17. The zero-order chi connectivity index (χ0) is 16.9. The lowest BCUT2D eigenvalue weighted by atomic mass is 10.2. The monoisotopic (exact) mass is 353 g/mol. The summed E-state index contributed by atoms with van der Waals surface area (Å²) >= 11 is 7.25. The number of thioether (sulfide) groups is 1. The Kier molecular flexibility index (Phi) is 4.99. The number of aromatic nitrogens is 1. The molecule has 1 aromatic heterocycles. The van der Waals surface area contributed by atoms with Gasteiger partial charge in [-0.05, 0) is 30.3 Å². The highest BCUT2D eigenvalue weighted by Crippen LogP contribution is 2.22. The van der Waals surface area contributed by atoms with Crippen LogP contribution in [0, 0.1) is 11.3 Å². The van der Waals surface area contributed by atoms with Crippen molar-refractivity contribution >= 4 is 45.9 Å². The van der Waals surface area contributed by atoms with Crippen molar-refractivity contribution < 1.29 is 4.79 Å². The molecular weight excluding hydrogens is 342 g/mol. The maximum atomic E-state index is 12.1. The molecule has 4 nitrogen and oxygen atoms in total. The quantitative estimate of drug-likeness (QED) is 0.702. The third-order valence-corrected chi connectivity index (χ3v) is 4.46. The van der Waals surface area contributed by atoms with Gasteiger partial charge in [0.25, 0.3) is 0 Å². The molecule has 2 aromatic carbocycles. The van der Waals surface area contributed by atoms with Gasteiger partial charge >= 0.3 is 0 Å². The molecule has 0 bridgehead atoms. The van der Waals surface area contributed by atoms with Crippen LogP contribution >= 0.6 is 23.4 Å². The Morgan fingerprint density at radius 3 is 2.88 bits per heavy atom. The van der Waals surface area contributed by atoms with Gasteiger partial charge in [-0.25, -0.2) is 4.98 Å². The number of carbonyl (C=O) groups excluding carboxylic acids is 1. The minimum absolute atomic E-state index is 0.197. The van der Waals surface area contributed by atoms with Crippen LogP contribution in [0.3, 0.4) is 0 Å². The summed E-state index contributed by atoms with van der Waals surface area (Å²) in [5, 5.41) is 14.1. The average Bonchev–Trinajstić information content (AvgIpc) is 2.60. The number of hydrogen-bond donors (Lipinski definition) is 1. The van der Waals surface area contributed by atoms with Crippen LogP contribution in [-0.4, -0.2) is 16.6 Å². The molecule has 0 spiro atoms. The molecule has 0 aliphatic carbocycles. The molecular formula is C18H12ClN3OS. The summed E-state index contributed by atoms with van der Waals surface area (Å²) in [5.41, 5.74) is 1.69. The van der Waals surface area contributed by atoms with Crippen LogP contribution in [0.5, 0.6) is 0 Å². The van der Waals surface area contributed by atoms with Crippen molar-refractivity contribution in [2.75, 3.05) is 11.1 Å². The van der Waals surface area contributed by atoms with Gasteiger partial charge in [-0.2, -0.15) is 5.26 Å². The summed E-state index contributed by atoms with van der Waals surface area (Å²) in [6.07, 6.45) is 0. The van der Waals surface area contributed by atoms with E-state index >= 15 is 0 Å². The van der Waals surface area contributed by atoms with Crippen molar-refractivity contribution in [3.05, 3.63) is 65.2 Å².